The molecule has 1 nitrogen and oxygen atoms in total. The van der Waals surface area contributed by atoms with Crippen molar-refractivity contribution in [3.63, 3.8) is 0 Å². The molecule has 0 saturated carbocycles. The Morgan fingerprint density at radius 2 is 1.91 bits per heavy atom. The number of ether oxygens (including phenoxy) is 1. The number of allylic oxidation sites excluding steroid dienone is 1. The minimum atomic E-state index is 0.881. The van der Waals surface area contributed by atoms with Crippen LogP contribution in [0.4, 0.5) is 0 Å². The number of benzene rings is 1. The van der Waals surface area contributed by atoms with Gasteiger partial charge in [0, 0.05) is 24.3 Å². The summed E-state index contributed by atoms with van der Waals surface area (Å²) in [4.78, 5) is 0. The van der Waals surface area contributed by atoms with Crippen LogP contribution < -0.4 is 4.74 Å². The number of rotatable bonds is 2. The van der Waals surface area contributed by atoms with Gasteiger partial charge in [-0.3, -0.25) is 0 Å². The molecule has 0 aliphatic carbocycles. The summed E-state index contributed by atoms with van der Waals surface area (Å²) in [5.74, 6) is 0.881. The molecule has 1 aromatic rings. The van der Waals surface area contributed by atoms with Crippen LogP contribution in [-0.2, 0) is 0 Å². The predicted octanol–water partition coefficient (Wildman–Crippen LogP) is 2.42. The normalized spacial score (nSPS) is 9.64. The fourth-order valence-electron chi connectivity index (χ4n) is 0.854. The average molecular weight is 147 g/mol. The van der Waals surface area contributed by atoms with E-state index in [-0.39, 0.29) is 0 Å². The molecule has 0 amide bonds. The van der Waals surface area contributed by atoms with Crippen LogP contribution in [0.5, 0.6) is 5.75 Å². The van der Waals surface area contributed by atoms with Crippen LogP contribution in [0.15, 0.2) is 30.3 Å². The van der Waals surface area contributed by atoms with Gasteiger partial charge in [-0.1, -0.05) is 0 Å². The summed E-state index contributed by atoms with van der Waals surface area (Å²) >= 11 is 0. The molecule has 0 spiro atoms. The molecule has 1 aromatic carbocycles. The zero-order valence-corrected chi connectivity index (χ0v) is 6.79. The highest BCUT2D eigenvalue weighted by molar-refractivity contribution is 5.30. The van der Waals surface area contributed by atoms with E-state index in [9.17, 15) is 0 Å². The number of methoxy groups -OCH3 is 1. The van der Waals surface area contributed by atoms with Crippen LogP contribution in [0.25, 0.3) is 0 Å². The van der Waals surface area contributed by atoms with Gasteiger partial charge in [0.05, 0.1) is 19.2 Å². The van der Waals surface area contributed by atoms with Crippen LogP contribution in [0.3, 0.4) is 0 Å². The van der Waals surface area contributed by atoms with Crippen molar-refractivity contribution in [3.05, 3.63) is 42.0 Å². The van der Waals surface area contributed by atoms with Crippen molar-refractivity contribution in [1.82, 2.24) is 0 Å². The molecular weight excluding hydrogens is 136 g/mol. The summed E-state index contributed by atoms with van der Waals surface area (Å²) < 4.78 is 5.01. The molecule has 56 valence electrons. The largest absolute Gasteiger partial charge is 0.494 e. The van der Waals surface area contributed by atoms with Gasteiger partial charge < -0.3 is 4.74 Å². The maximum atomic E-state index is 5.01. The number of hydrogen-bond acceptors (Lipinski definition) is 1. The Morgan fingerprint density at radius 1 is 1.27 bits per heavy atom. The molecule has 11 heavy (non-hydrogen) atoms. The van der Waals surface area contributed by atoms with E-state index >= 15 is 0 Å². The van der Waals surface area contributed by atoms with E-state index < -0.39 is 0 Å². The molecule has 0 fully saturated rings. The standard InChI is InChI=1S/C10H11O/c1-3-4-9-5-7-10(11-2)8-6-9/h3,5-8H,1-2H3/q+1. The van der Waals surface area contributed by atoms with Gasteiger partial charge in [-0.25, -0.2) is 0 Å². The Kier molecular flexibility index (Phi) is 2.65. The van der Waals surface area contributed by atoms with E-state index in [0.29, 0.717) is 0 Å². The minimum absolute atomic E-state index is 0.881. The number of hydrogen-bond donors (Lipinski definition) is 0. The average Bonchev–Trinajstić information content (AvgIpc) is 2.07. The van der Waals surface area contributed by atoms with E-state index in [2.05, 4.69) is 6.08 Å². The van der Waals surface area contributed by atoms with Crippen LogP contribution in [0, 0.1) is 6.08 Å². The Balaban J connectivity index is 2.82. The first-order valence-electron chi connectivity index (χ1n) is 3.55. The first-order valence-corrected chi connectivity index (χ1v) is 3.55. The lowest BCUT2D eigenvalue weighted by Gasteiger charge is -1.92. The van der Waals surface area contributed by atoms with Crippen LogP contribution >= 0.6 is 0 Å². The van der Waals surface area contributed by atoms with Gasteiger partial charge in [0.25, 0.3) is 0 Å². The van der Waals surface area contributed by atoms with Crippen molar-refractivity contribution in [2.75, 3.05) is 7.11 Å². The van der Waals surface area contributed by atoms with Crippen molar-refractivity contribution in [1.29, 1.82) is 0 Å². The SMILES string of the molecule is CC=[C+]c1ccc(OC)cc1. The molecule has 0 heterocycles. The molecule has 1 rings (SSSR count). The topological polar surface area (TPSA) is 9.23 Å². The molecular formula is C10H11O+. The van der Waals surface area contributed by atoms with Gasteiger partial charge in [0.2, 0.25) is 0 Å². The third-order valence-corrected chi connectivity index (χ3v) is 1.40. The third-order valence-electron chi connectivity index (χ3n) is 1.40. The van der Waals surface area contributed by atoms with Gasteiger partial charge >= 0.3 is 0 Å². The van der Waals surface area contributed by atoms with Gasteiger partial charge in [0.1, 0.15) is 5.75 Å². The highest BCUT2D eigenvalue weighted by Gasteiger charge is 1.97. The van der Waals surface area contributed by atoms with Gasteiger partial charge in [-0.15, -0.1) is 0 Å². The Labute approximate surface area is 67.3 Å². The molecule has 0 aliphatic rings. The summed E-state index contributed by atoms with van der Waals surface area (Å²) in [6, 6.07) is 7.79. The van der Waals surface area contributed by atoms with Gasteiger partial charge in [-0.2, -0.15) is 0 Å². The fourth-order valence-corrected chi connectivity index (χ4v) is 0.854. The second kappa shape index (κ2) is 3.75. The fraction of sp³-hybridized carbons (Fsp3) is 0.200. The summed E-state index contributed by atoms with van der Waals surface area (Å²) in [5, 5.41) is 0. The second-order valence-corrected chi connectivity index (χ2v) is 2.16. The summed E-state index contributed by atoms with van der Waals surface area (Å²) in [6.45, 7) is 1.95. The molecule has 0 aromatic heterocycles. The Morgan fingerprint density at radius 3 is 2.36 bits per heavy atom. The maximum absolute atomic E-state index is 5.01. The molecule has 0 unspecified atom stereocenters. The van der Waals surface area contributed by atoms with E-state index in [0.717, 1.165) is 11.3 Å². The van der Waals surface area contributed by atoms with Crippen LogP contribution in [-0.4, -0.2) is 7.11 Å². The van der Waals surface area contributed by atoms with Crippen molar-refractivity contribution in [3.8, 4) is 5.75 Å². The second-order valence-electron chi connectivity index (χ2n) is 2.16. The monoisotopic (exact) mass is 147 g/mol. The quantitative estimate of drug-likeness (QED) is 0.584. The molecule has 0 saturated heterocycles. The smallest absolute Gasteiger partial charge is 0.188 e. The lowest BCUT2D eigenvalue weighted by molar-refractivity contribution is 0.415. The van der Waals surface area contributed by atoms with E-state index in [1.165, 1.54) is 0 Å². The first kappa shape index (κ1) is 7.77. The van der Waals surface area contributed by atoms with E-state index in [1.54, 1.807) is 7.11 Å². The first-order chi connectivity index (χ1) is 5.36. The Hall–Kier alpha value is -1.33. The van der Waals surface area contributed by atoms with Crippen LogP contribution in [0.1, 0.15) is 12.5 Å². The van der Waals surface area contributed by atoms with Crippen molar-refractivity contribution in [2.45, 2.75) is 6.92 Å². The third kappa shape index (κ3) is 2.06. The lowest BCUT2D eigenvalue weighted by Crippen LogP contribution is -1.81. The molecule has 0 bridgehead atoms. The lowest BCUT2D eigenvalue weighted by atomic mass is 10.2. The minimum Gasteiger partial charge on any atom is -0.494 e. The maximum Gasteiger partial charge on any atom is 0.188 e. The highest BCUT2D eigenvalue weighted by atomic mass is 16.5. The predicted molar refractivity (Wildman–Crippen MR) is 45.6 cm³/mol. The molecule has 0 N–H and O–H groups in total. The molecule has 0 aliphatic heterocycles. The summed E-state index contributed by atoms with van der Waals surface area (Å²) in [6.07, 6.45) is 4.97. The van der Waals surface area contributed by atoms with Crippen molar-refractivity contribution in [2.24, 2.45) is 0 Å². The summed E-state index contributed by atoms with van der Waals surface area (Å²) in [5.41, 5.74) is 1.08. The zero-order chi connectivity index (χ0) is 8.10. The molecule has 1 heteroatoms. The Bertz CT molecular complexity index is 234. The highest BCUT2D eigenvalue weighted by Crippen LogP contribution is 2.10. The van der Waals surface area contributed by atoms with Gasteiger partial charge in [-0.05, 0) is 6.92 Å². The van der Waals surface area contributed by atoms with Crippen molar-refractivity contribution < 1.29 is 4.74 Å². The molecule has 0 atom stereocenters. The zero-order valence-electron chi connectivity index (χ0n) is 6.79. The van der Waals surface area contributed by atoms with Gasteiger partial charge in [0.15, 0.2) is 5.56 Å². The van der Waals surface area contributed by atoms with Crippen LogP contribution in [0.2, 0.25) is 0 Å². The van der Waals surface area contributed by atoms with E-state index in [4.69, 9.17) is 4.74 Å². The van der Waals surface area contributed by atoms with E-state index in [1.807, 2.05) is 37.3 Å². The molecule has 0 radical (unpaired) electrons. The van der Waals surface area contributed by atoms with Crippen molar-refractivity contribution >= 4 is 0 Å². The summed E-state index contributed by atoms with van der Waals surface area (Å²) in [7, 11) is 1.66.